The Morgan fingerprint density at radius 1 is 1.42 bits per heavy atom. The standard InChI is InChI=1S/C16H22O3/c1-18-14-5-2-4-12(10-14)15(17)13-6-9-19-16(11-13)7-3-8-16/h2,4-5,10,13,15,17H,3,6-9,11H2,1H3. The second-order valence-electron chi connectivity index (χ2n) is 5.86. The lowest BCUT2D eigenvalue weighted by molar-refractivity contribution is -0.157. The third kappa shape index (κ3) is 2.49. The molecule has 2 aliphatic rings. The lowest BCUT2D eigenvalue weighted by Crippen LogP contribution is -2.46. The average Bonchev–Trinajstić information content (AvgIpc) is 2.45. The van der Waals surface area contributed by atoms with E-state index in [4.69, 9.17) is 9.47 Å². The van der Waals surface area contributed by atoms with Gasteiger partial charge in [-0.15, -0.1) is 0 Å². The fraction of sp³-hybridized carbons (Fsp3) is 0.625. The van der Waals surface area contributed by atoms with Crippen molar-refractivity contribution in [1.82, 2.24) is 0 Å². The Morgan fingerprint density at radius 2 is 2.26 bits per heavy atom. The SMILES string of the molecule is COc1cccc(C(O)C2CCOC3(CCC3)C2)c1. The zero-order valence-electron chi connectivity index (χ0n) is 11.5. The summed E-state index contributed by atoms with van der Waals surface area (Å²) in [7, 11) is 1.66. The third-order valence-electron chi connectivity index (χ3n) is 4.68. The van der Waals surface area contributed by atoms with Gasteiger partial charge < -0.3 is 14.6 Å². The predicted octanol–water partition coefficient (Wildman–Crippen LogP) is 3.08. The van der Waals surface area contributed by atoms with Crippen LogP contribution in [0.4, 0.5) is 0 Å². The second-order valence-corrected chi connectivity index (χ2v) is 5.86. The Bertz CT molecular complexity index is 439. The average molecular weight is 262 g/mol. The highest BCUT2D eigenvalue weighted by Crippen LogP contribution is 2.47. The summed E-state index contributed by atoms with van der Waals surface area (Å²) in [4.78, 5) is 0. The van der Waals surface area contributed by atoms with Crippen molar-refractivity contribution in [3.63, 3.8) is 0 Å². The maximum Gasteiger partial charge on any atom is 0.119 e. The maximum atomic E-state index is 10.6. The van der Waals surface area contributed by atoms with Crippen molar-refractivity contribution in [2.24, 2.45) is 5.92 Å². The molecule has 1 heterocycles. The molecule has 1 spiro atoms. The molecule has 3 nitrogen and oxygen atoms in total. The molecule has 2 atom stereocenters. The van der Waals surface area contributed by atoms with E-state index in [9.17, 15) is 5.11 Å². The number of aliphatic hydroxyl groups excluding tert-OH is 1. The van der Waals surface area contributed by atoms with Crippen molar-refractivity contribution < 1.29 is 14.6 Å². The van der Waals surface area contributed by atoms with Gasteiger partial charge in [0.25, 0.3) is 0 Å². The van der Waals surface area contributed by atoms with Crippen LogP contribution in [-0.2, 0) is 4.74 Å². The minimum absolute atomic E-state index is 0.0861. The largest absolute Gasteiger partial charge is 0.497 e. The van der Waals surface area contributed by atoms with E-state index >= 15 is 0 Å². The Labute approximate surface area is 114 Å². The number of benzene rings is 1. The van der Waals surface area contributed by atoms with Crippen LogP contribution in [0.25, 0.3) is 0 Å². The van der Waals surface area contributed by atoms with Crippen molar-refractivity contribution in [3.8, 4) is 5.75 Å². The van der Waals surface area contributed by atoms with Crippen LogP contribution in [0.1, 0.15) is 43.8 Å². The Kier molecular flexibility index (Phi) is 3.50. The fourth-order valence-electron chi connectivity index (χ4n) is 3.35. The van der Waals surface area contributed by atoms with E-state index in [1.165, 1.54) is 6.42 Å². The topological polar surface area (TPSA) is 38.7 Å². The van der Waals surface area contributed by atoms with Crippen LogP contribution in [0.15, 0.2) is 24.3 Å². The van der Waals surface area contributed by atoms with Gasteiger partial charge in [-0.2, -0.15) is 0 Å². The minimum atomic E-state index is -0.406. The molecule has 1 aliphatic carbocycles. The van der Waals surface area contributed by atoms with Crippen LogP contribution in [0.3, 0.4) is 0 Å². The molecular weight excluding hydrogens is 240 g/mol. The molecule has 1 saturated carbocycles. The van der Waals surface area contributed by atoms with E-state index < -0.39 is 6.10 Å². The quantitative estimate of drug-likeness (QED) is 0.909. The number of hydrogen-bond acceptors (Lipinski definition) is 3. The van der Waals surface area contributed by atoms with Gasteiger partial charge in [0.05, 0.1) is 18.8 Å². The second kappa shape index (κ2) is 5.14. The van der Waals surface area contributed by atoms with Crippen molar-refractivity contribution in [2.45, 2.75) is 43.8 Å². The highest BCUT2D eigenvalue weighted by molar-refractivity contribution is 5.30. The van der Waals surface area contributed by atoms with Crippen molar-refractivity contribution in [2.75, 3.05) is 13.7 Å². The Morgan fingerprint density at radius 3 is 2.95 bits per heavy atom. The zero-order valence-corrected chi connectivity index (χ0v) is 11.5. The van der Waals surface area contributed by atoms with Crippen LogP contribution in [0.5, 0.6) is 5.75 Å². The van der Waals surface area contributed by atoms with Gasteiger partial charge in [0.15, 0.2) is 0 Å². The molecule has 0 amide bonds. The van der Waals surface area contributed by atoms with Crippen LogP contribution >= 0.6 is 0 Å². The van der Waals surface area contributed by atoms with Crippen molar-refractivity contribution in [1.29, 1.82) is 0 Å². The van der Waals surface area contributed by atoms with Gasteiger partial charge in [0, 0.05) is 6.61 Å². The van der Waals surface area contributed by atoms with Gasteiger partial charge in [0.2, 0.25) is 0 Å². The van der Waals surface area contributed by atoms with Crippen LogP contribution in [-0.4, -0.2) is 24.4 Å². The maximum absolute atomic E-state index is 10.6. The van der Waals surface area contributed by atoms with E-state index in [1.54, 1.807) is 7.11 Å². The molecule has 3 heteroatoms. The van der Waals surface area contributed by atoms with Crippen molar-refractivity contribution in [3.05, 3.63) is 29.8 Å². The van der Waals surface area contributed by atoms with E-state index in [0.29, 0.717) is 5.92 Å². The molecule has 0 bridgehead atoms. The smallest absolute Gasteiger partial charge is 0.119 e. The van der Waals surface area contributed by atoms with E-state index in [2.05, 4.69) is 0 Å². The molecule has 1 N–H and O–H groups in total. The van der Waals surface area contributed by atoms with Gasteiger partial charge in [0.1, 0.15) is 5.75 Å². The van der Waals surface area contributed by atoms with Gasteiger partial charge >= 0.3 is 0 Å². The third-order valence-corrected chi connectivity index (χ3v) is 4.68. The van der Waals surface area contributed by atoms with Crippen LogP contribution < -0.4 is 4.74 Å². The molecular formula is C16H22O3. The summed E-state index contributed by atoms with van der Waals surface area (Å²) in [5.74, 6) is 1.11. The van der Waals surface area contributed by atoms with Crippen LogP contribution in [0, 0.1) is 5.92 Å². The first-order valence-corrected chi connectivity index (χ1v) is 7.18. The molecule has 0 aromatic heterocycles. The summed E-state index contributed by atoms with van der Waals surface area (Å²) in [5.41, 5.74) is 1.05. The summed E-state index contributed by atoms with van der Waals surface area (Å²) in [5, 5.41) is 10.6. The first-order chi connectivity index (χ1) is 9.22. The van der Waals surface area contributed by atoms with Gasteiger partial charge in [-0.1, -0.05) is 12.1 Å². The van der Waals surface area contributed by atoms with Gasteiger partial charge in [-0.05, 0) is 55.7 Å². The van der Waals surface area contributed by atoms with E-state index in [1.807, 2.05) is 24.3 Å². The Hall–Kier alpha value is -1.06. The number of hydrogen-bond donors (Lipinski definition) is 1. The molecule has 2 unspecified atom stereocenters. The summed E-state index contributed by atoms with van der Waals surface area (Å²) in [6.45, 7) is 0.783. The number of methoxy groups -OCH3 is 1. The van der Waals surface area contributed by atoms with E-state index in [0.717, 1.165) is 43.6 Å². The molecule has 1 aromatic carbocycles. The van der Waals surface area contributed by atoms with E-state index in [-0.39, 0.29) is 5.60 Å². The predicted molar refractivity (Wildman–Crippen MR) is 73.2 cm³/mol. The minimum Gasteiger partial charge on any atom is -0.497 e. The molecule has 0 radical (unpaired) electrons. The number of ether oxygens (including phenoxy) is 2. The highest BCUT2D eigenvalue weighted by atomic mass is 16.5. The number of aliphatic hydroxyl groups is 1. The monoisotopic (exact) mass is 262 g/mol. The highest BCUT2D eigenvalue weighted by Gasteiger charge is 2.44. The molecule has 1 saturated heterocycles. The summed E-state index contributed by atoms with van der Waals surface area (Å²) < 4.78 is 11.2. The summed E-state index contributed by atoms with van der Waals surface area (Å²) in [6, 6.07) is 7.77. The van der Waals surface area contributed by atoms with Crippen molar-refractivity contribution >= 4 is 0 Å². The summed E-state index contributed by atoms with van der Waals surface area (Å²) in [6.07, 6.45) is 5.12. The fourth-order valence-corrected chi connectivity index (χ4v) is 3.35. The first-order valence-electron chi connectivity index (χ1n) is 7.18. The van der Waals surface area contributed by atoms with Crippen LogP contribution in [0.2, 0.25) is 0 Å². The normalized spacial score (nSPS) is 26.7. The molecule has 1 aromatic rings. The van der Waals surface area contributed by atoms with Gasteiger partial charge in [-0.3, -0.25) is 0 Å². The molecule has 3 rings (SSSR count). The lowest BCUT2D eigenvalue weighted by atomic mass is 9.70. The molecule has 2 fully saturated rings. The Balaban J connectivity index is 1.73. The molecule has 104 valence electrons. The zero-order chi connectivity index (χ0) is 13.3. The summed E-state index contributed by atoms with van der Waals surface area (Å²) >= 11 is 0. The first kappa shape index (κ1) is 12.9. The molecule has 1 aliphatic heterocycles. The molecule has 19 heavy (non-hydrogen) atoms. The van der Waals surface area contributed by atoms with Gasteiger partial charge in [-0.25, -0.2) is 0 Å². The lowest BCUT2D eigenvalue weighted by Gasteiger charge is -2.48. The number of rotatable bonds is 3.